The molecule has 2 aromatic rings. The highest BCUT2D eigenvalue weighted by atomic mass is 28.4. The van der Waals surface area contributed by atoms with E-state index in [1.165, 1.54) is 6.92 Å². The fourth-order valence-corrected chi connectivity index (χ4v) is 6.47. The molecule has 236 valence electrons. The number of carbonyl (C=O) groups is 1. The molecule has 2 atom stereocenters. The van der Waals surface area contributed by atoms with Crippen LogP contribution in [0.3, 0.4) is 0 Å². The predicted octanol–water partition coefficient (Wildman–Crippen LogP) is 7.46. The van der Waals surface area contributed by atoms with E-state index in [0.29, 0.717) is 30.1 Å². The topological polar surface area (TPSA) is 99.8 Å². The maximum atomic E-state index is 14.0. The first-order chi connectivity index (χ1) is 19.5. The molecule has 0 saturated carbocycles. The number of nitriles is 1. The highest BCUT2D eigenvalue weighted by molar-refractivity contribution is 6.74. The first-order valence-electron chi connectivity index (χ1n) is 14.9. The van der Waals surface area contributed by atoms with Gasteiger partial charge >= 0.3 is 5.97 Å². The Bertz CT molecular complexity index is 1460. The van der Waals surface area contributed by atoms with Gasteiger partial charge in [0.25, 0.3) is 5.56 Å². The molecule has 10 heteroatoms. The molecule has 0 amide bonds. The molecule has 3 rings (SSSR count). The number of pyridine rings is 1. The van der Waals surface area contributed by atoms with Gasteiger partial charge in [-0.05, 0) is 79.4 Å². The second kappa shape index (κ2) is 12.0. The molecule has 1 aromatic carbocycles. The minimum absolute atomic E-state index is 0.00293. The molecule has 43 heavy (non-hydrogen) atoms. The van der Waals surface area contributed by atoms with Gasteiger partial charge in [-0.1, -0.05) is 41.5 Å². The summed E-state index contributed by atoms with van der Waals surface area (Å²) >= 11 is 0. The number of fused-ring (bicyclic) bond motifs is 1. The number of aromatic nitrogens is 1. The van der Waals surface area contributed by atoms with Crippen LogP contribution in [0.25, 0.3) is 0 Å². The van der Waals surface area contributed by atoms with Gasteiger partial charge in [-0.2, -0.15) is 5.26 Å². The number of hydrogen-bond donors (Lipinski definition) is 0. The maximum absolute atomic E-state index is 14.0. The van der Waals surface area contributed by atoms with Crippen LogP contribution in [-0.4, -0.2) is 38.9 Å². The number of esters is 1. The quantitative estimate of drug-likeness (QED) is 0.222. The second-order valence-electron chi connectivity index (χ2n) is 15.2. The lowest BCUT2D eigenvalue weighted by Crippen LogP contribution is -2.54. The molecule has 2 heterocycles. The van der Waals surface area contributed by atoms with Crippen LogP contribution >= 0.6 is 0 Å². The van der Waals surface area contributed by atoms with Crippen LogP contribution in [0.5, 0.6) is 5.75 Å². The van der Waals surface area contributed by atoms with Crippen molar-refractivity contribution in [1.29, 1.82) is 5.26 Å². The molecule has 2 unspecified atom stereocenters. The Morgan fingerprint density at radius 1 is 0.977 bits per heavy atom. The van der Waals surface area contributed by atoms with Crippen LogP contribution in [0.4, 0.5) is 0 Å². The summed E-state index contributed by atoms with van der Waals surface area (Å²) < 4.78 is 27.0. The van der Waals surface area contributed by atoms with Crippen molar-refractivity contribution in [1.82, 2.24) is 4.57 Å². The minimum Gasteiger partial charge on any atom is -0.484 e. The van der Waals surface area contributed by atoms with Gasteiger partial charge in [-0.15, -0.1) is 0 Å². The summed E-state index contributed by atoms with van der Waals surface area (Å²) in [5.74, 6) is 0.0502. The molecule has 0 bridgehead atoms. The number of ether oxygens (including phenoxy) is 2. The average molecular weight is 627 g/mol. The Balaban J connectivity index is 2.24. The molecule has 0 fully saturated rings. The number of carbonyl (C=O) groups excluding carboxylic acids is 1. The van der Waals surface area contributed by atoms with E-state index in [1.54, 1.807) is 28.8 Å². The van der Waals surface area contributed by atoms with Crippen LogP contribution in [0.15, 0.2) is 35.3 Å². The van der Waals surface area contributed by atoms with Crippen LogP contribution in [0.1, 0.15) is 90.6 Å². The molecule has 1 aliphatic rings. The van der Waals surface area contributed by atoms with Gasteiger partial charge in [-0.3, -0.25) is 9.59 Å². The van der Waals surface area contributed by atoms with Gasteiger partial charge in [0.05, 0.1) is 24.8 Å². The van der Waals surface area contributed by atoms with Gasteiger partial charge < -0.3 is 22.9 Å². The van der Waals surface area contributed by atoms with Gasteiger partial charge in [0.1, 0.15) is 17.4 Å². The highest BCUT2D eigenvalue weighted by Gasteiger charge is 2.48. The standard InChI is InChI=1S/C33H50N2O6Si2/c1-22(36)40-30-29(26-16-23(18-34)14-15-27(26)41-33(30,8)9)35-19-25(21-39-43(12,13)32(5,6)7)24(17-28(35)37)20-38-42(10,11)31(2,3)4/h14-17,19,29-30H,20-21H2,1-13H3. The smallest absolute Gasteiger partial charge is 0.303 e. The molecular weight excluding hydrogens is 577 g/mol. The summed E-state index contributed by atoms with van der Waals surface area (Å²) in [5, 5.41) is 9.67. The summed E-state index contributed by atoms with van der Waals surface area (Å²) in [6.45, 7) is 27.6. The van der Waals surface area contributed by atoms with E-state index >= 15 is 0 Å². The second-order valence-corrected chi connectivity index (χ2v) is 24.8. The largest absolute Gasteiger partial charge is 0.484 e. The van der Waals surface area contributed by atoms with E-state index < -0.39 is 40.4 Å². The highest BCUT2D eigenvalue weighted by Crippen LogP contribution is 2.44. The minimum atomic E-state index is -2.14. The van der Waals surface area contributed by atoms with Gasteiger partial charge in [0.2, 0.25) is 0 Å². The molecule has 1 aromatic heterocycles. The third-order valence-electron chi connectivity index (χ3n) is 9.44. The van der Waals surface area contributed by atoms with E-state index in [0.717, 1.165) is 11.1 Å². The van der Waals surface area contributed by atoms with Crippen molar-refractivity contribution in [2.75, 3.05) is 0 Å². The summed E-state index contributed by atoms with van der Waals surface area (Å²) in [5.41, 5.74) is 1.42. The number of nitrogens with zero attached hydrogens (tertiary/aromatic N) is 2. The van der Waals surface area contributed by atoms with E-state index in [4.69, 9.17) is 18.3 Å². The normalized spacial score (nSPS) is 18.8. The fourth-order valence-electron chi connectivity index (χ4n) is 4.57. The third kappa shape index (κ3) is 7.51. The Labute approximate surface area is 259 Å². The molecule has 1 aliphatic heterocycles. The summed E-state index contributed by atoms with van der Waals surface area (Å²) in [6, 6.07) is 8.19. The zero-order valence-corrected chi connectivity index (χ0v) is 30.3. The molecule has 0 saturated heterocycles. The van der Waals surface area contributed by atoms with Gasteiger partial charge in [0, 0.05) is 24.8 Å². The Hall–Kier alpha value is -2.72. The van der Waals surface area contributed by atoms with Crippen molar-refractivity contribution in [2.24, 2.45) is 0 Å². The van der Waals surface area contributed by atoms with Crippen LogP contribution in [0, 0.1) is 11.3 Å². The predicted molar refractivity (Wildman–Crippen MR) is 174 cm³/mol. The van der Waals surface area contributed by atoms with E-state index in [1.807, 2.05) is 20.0 Å². The summed E-state index contributed by atoms with van der Waals surface area (Å²) in [7, 11) is -4.26. The molecule has 8 nitrogen and oxygen atoms in total. The van der Waals surface area contributed by atoms with E-state index in [2.05, 4.69) is 73.8 Å². The van der Waals surface area contributed by atoms with Crippen LogP contribution < -0.4 is 10.3 Å². The van der Waals surface area contributed by atoms with Crippen molar-refractivity contribution < 1.29 is 23.1 Å². The first-order valence-corrected chi connectivity index (χ1v) is 20.7. The average Bonchev–Trinajstić information content (AvgIpc) is 2.85. The van der Waals surface area contributed by atoms with Crippen molar-refractivity contribution in [3.8, 4) is 11.8 Å². The Morgan fingerprint density at radius 2 is 1.51 bits per heavy atom. The zero-order valence-electron chi connectivity index (χ0n) is 28.3. The molecular formula is C33H50N2O6Si2. The summed E-state index contributed by atoms with van der Waals surface area (Å²) in [6.07, 6.45) is 0.984. The Morgan fingerprint density at radius 3 is 2.00 bits per heavy atom. The SMILES string of the molecule is CC(=O)OC1C(n2cc(CO[Si](C)(C)C(C)(C)C)c(CO[Si](C)(C)C(C)(C)C)cc2=O)c2cc(C#N)ccc2OC1(C)C. The lowest BCUT2D eigenvalue weighted by atomic mass is 9.85. The maximum Gasteiger partial charge on any atom is 0.303 e. The zero-order chi connectivity index (χ0) is 32.8. The first kappa shape index (κ1) is 34.8. The monoisotopic (exact) mass is 626 g/mol. The van der Waals surface area contributed by atoms with E-state index in [-0.39, 0.29) is 15.6 Å². The van der Waals surface area contributed by atoms with Crippen LogP contribution in [-0.2, 0) is 31.6 Å². The lowest BCUT2D eigenvalue weighted by molar-refractivity contribution is -0.163. The molecule has 0 aliphatic carbocycles. The van der Waals surface area contributed by atoms with Crippen molar-refractivity contribution in [3.63, 3.8) is 0 Å². The summed E-state index contributed by atoms with van der Waals surface area (Å²) in [4.78, 5) is 26.4. The third-order valence-corrected chi connectivity index (χ3v) is 18.4. The van der Waals surface area contributed by atoms with Crippen molar-refractivity contribution >= 4 is 22.6 Å². The van der Waals surface area contributed by atoms with E-state index in [9.17, 15) is 14.9 Å². The fraction of sp³-hybridized carbons (Fsp3) is 0.606. The molecule has 0 radical (unpaired) electrons. The van der Waals surface area contributed by atoms with Crippen LogP contribution in [0.2, 0.25) is 36.3 Å². The number of benzene rings is 1. The van der Waals surface area contributed by atoms with Gasteiger partial charge in [0.15, 0.2) is 22.7 Å². The van der Waals surface area contributed by atoms with Gasteiger partial charge in [-0.25, -0.2) is 0 Å². The Kier molecular flexibility index (Phi) is 9.70. The lowest BCUT2D eigenvalue weighted by Gasteiger charge is -2.44. The van der Waals surface area contributed by atoms with Crippen molar-refractivity contribution in [2.45, 2.75) is 130 Å². The van der Waals surface area contributed by atoms with Crippen molar-refractivity contribution in [3.05, 3.63) is 63.1 Å². The number of rotatable bonds is 8. The molecule has 0 N–H and O–H groups in total. The molecule has 0 spiro atoms. The number of hydrogen-bond acceptors (Lipinski definition) is 7.